The maximum Gasteiger partial charge on any atom is 0.253 e. The predicted octanol–water partition coefficient (Wildman–Crippen LogP) is 2.71. The Bertz CT molecular complexity index is 875. The molecule has 0 N–H and O–H groups in total. The maximum atomic E-state index is 12.7. The third-order valence-electron chi connectivity index (χ3n) is 4.29. The Morgan fingerprint density at radius 2 is 1.75 bits per heavy atom. The van der Waals surface area contributed by atoms with Crippen LogP contribution < -0.4 is 0 Å². The number of aromatic nitrogens is 4. The second-order valence-corrected chi connectivity index (χ2v) is 5.94. The van der Waals surface area contributed by atoms with Gasteiger partial charge in [-0.1, -0.05) is 0 Å². The second-order valence-electron chi connectivity index (χ2n) is 5.94. The number of rotatable bonds is 2. The number of fused-ring (bicyclic) bond motifs is 1. The molecule has 0 atom stereocenters. The molecule has 0 aliphatic carbocycles. The lowest BCUT2D eigenvalue weighted by molar-refractivity contribution is 0.0724. The molecular formula is C18H17N5O. The van der Waals surface area contributed by atoms with Crippen molar-refractivity contribution in [3.05, 3.63) is 48.7 Å². The van der Waals surface area contributed by atoms with Crippen LogP contribution in [-0.2, 0) is 0 Å². The lowest BCUT2D eigenvalue weighted by atomic mass is 10.1. The van der Waals surface area contributed by atoms with Crippen LogP contribution in [-0.4, -0.2) is 43.8 Å². The first kappa shape index (κ1) is 14.7. The van der Waals surface area contributed by atoms with Crippen LogP contribution in [0.4, 0.5) is 0 Å². The summed E-state index contributed by atoms with van der Waals surface area (Å²) < 4.78 is 0. The molecule has 1 aliphatic heterocycles. The molecular weight excluding hydrogens is 302 g/mol. The molecule has 1 aromatic carbocycles. The first-order chi connectivity index (χ1) is 11.8. The van der Waals surface area contributed by atoms with E-state index in [2.05, 4.69) is 19.9 Å². The summed E-state index contributed by atoms with van der Waals surface area (Å²) in [6.45, 7) is 1.67. The molecule has 1 saturated heterocycles. The van der Waals surface area contributed by atoms with Crippen LogP contribution in [0.5, 0.6) is 0 Å². The van der Waals surface area contributed by atoms with Crippen molar-refractivity contribution in [3.63, 3.8) is 0 Å². The second kappa shape index (κ2) is 6.31. The normalized spacial score (nSPS) is 14.8. The van der Waals surface area contributed by atoms with E-state index in [4.69, 9.17) is 0 Å². The molecule has 0 spiro atoms. The predicted molar refractivity (Wildman–Crippen MR) is 90.3 cm³/mol. The summed E-state index contributed by atoms with van der Waals surface area (Å²) in [7, 11) is 0. The van der Waals surface area contributed by atoms with Crippen LogP contribution in [0.2, 0.25) is 0 Å². The molecule has 3 aromatic rings. The van der Waals surface area contributed by atoms with Gasteiger partial charge in [0.05, 0.1) is 22.9 Å². The number of piperidine rings is 1. The smallest absolute Gasteiger partial charge is 0.253 e. The van der Waals surface area contributed by atoms with Crippen LogP contribution in [0.1, 0.15) is 29.6 Å². The largest absolute Gasteiger partial charge is 0.339 e. The van der Waals surface area contributed by atoms with Gasteiger partial charge in [-0.25, -0.2) is 15.0 Å². The topological polar surface area (TPSA) is 71.9 Å². The Balaban J connectivity index is 1.70. The fourth-order valence-electron chi connectivity index (χ4n) is 2.99. The standard InChI is InChI=1S/C18H17N5O/c24-18(23-6-2-1-3-7-23)13-4-5-15-16(8-13)22-17(11-21-15)14-9-19-12-20-10-14/h4-5,8-12H,1-3,6-7H2. The number of carbonyl (C=O) groups excluding carboxylic acids is 1. The van der Waals surface area contributed by atoms with Crippen LogP contribution in [0.25, 0.3) is 22.3 Å². The van der Waals surface area contributed by atoms with Crippen molar-refractivity contribution in [1.29, 1.82) is 0 Å². The molecule has 0 unspecified atom stereocenters. The van der Waals surface area contributed by atoms with Gasteiger partial charge in [-0.15, -0.1) is 0 Å². The maximum absolute atomic E-state index is 12.7. The van der Waals surface area contributed by atoms with Crippen molar-refractivity contribution < 1.29 is 4.79 Å². The summed E-state index contributed by atoms with van der Waals surface area (Å²) in [5.74, 6) is 0.0758. The van der Waals surface area contributed by atoms with E-state index >= 15 is 0 Å². The van der Waals surface area contributed by atoms with E-state index in [1.165, 1.54) is 12.7 Å². The van der Waals surface area contributed by atoms with E-state index < -0.39 is 0 Å². The van der Waals surface area contributed by atoms with Crippen molar-refractivity contribution in [3.8, 4) is 11.3 Å². The number of amides is 1. The SMILES string of the molecule is O=C(c1ccc2ncc(-c3cncnc3)nc2c1)N1CCCCC1. The van der Waals surface area contributed by atoms with Crippen LogP contribution in [0, 0.1) is 0 Å². The number of nitrogens with zero attached hydrogens (tertiary/aromatic N) is 5. The molecule has 6 nitrogen and oxygen atoms in total. The highest BCUT2D eigenvalue weighted by Crippen LogP contribution is 2.20. The van der Waals surface area contributed by atoms with Crippen molar-refractivity contribution in [2.24, 2.45) is 0 Å². The summed E-state index contributed by atoms with van der Waals surface area (Å²) in [5.41, 5.74) is 3.65. The molecule has 0 radical (unpaired) electrons. The van der Waals surface area contributed by atoms with Gasteiger partial charge < -0.3 is 4.90 Å². The van der Waals surface area contributed by atoms with Crippen molar-refractivity contribution in [1.82, 2.24) is 24.8 Å². The minimum Gasteiger partial charge on any atom is -0.339 e. The first-order valence-corrected chi connectivity index (χ1v) is 8.13. The first-order valence-electron chi connectivity index (χ1n) is 8.13. The van der Waals surface area contributed by atoms with E-state index in [0.717, 1.165) is 37.0 Å². The highest BCUT2D eigenvalue weighted by molar-refractivity contribution is 5.97. The van der Waals surface area contributed by atoms with Gasteiger partial charge in [0, 0.05) is 36.6 Å². The summed E-state index contributed by atoms with van der Waals surface area (Å²) in [6, 6.07) is 5.51. The quantitative estimate of drug-likeness (QED) is 0.726. The van der Waals surface area contributed by atoms with Gasteiger partial charge in [-0.05, 0) is 37.5 Å². The van der Waals surface area contributed by atoms with Crippen molar-refractivity contribution in [2.45, 2.75) is 19.3 Å². The van der Waals surface area contributed by atoms with Crippen LogP contribution in [0.3, 0.4) is 0 Å². The molecule has 1 aliphatic rings. The highest BCUT2D eigenvalue weighted by Gasteiger charge is 2.18. The van der Waals surface area contributed by atoms with E-state index in [9.17, 15) is 4.79 Å². The fourth-order valence-corrected chi connectivity index (χ4v) is 2.99. The zero-order valence-corrected chi connectivity index (χ0v) is 13.2. The van der Waals surface area contributed by atoms with E-state index in [0.29, 0.717) is 16.8 Å². The molecule has 6 heteroatoms. The highest BCUT2D eigenvalue weighted by atomic mass is 16.2. The molecule has 1 amide bonds. The zero-order valence-electron chi connectivity index (χ0n) is 13.2. The number of carbonyl (C=O) groups is 1. The van der Waals surface area contributed by atoms with Crippen molar-refractivity contribution >= 4 is 16.9 Å². The van der Waals surface area contributed by atoms with Gasteiger partial charge in [0.25, 0.3) is 5.91 Å². The summed E-state index contributed by atoms with van der Waals surface area (Å²) >= 11 is 0. The third kappa shape index (κ3) is 2.82. The lowest BCUT2D eigenvalue weighted by Gasteiger charge is -2.26. The third-order valence-corrected chi connectivity index (χ3v) is 4.29. The van der Waals surface area contributed by atoms with Gasteiger partial charge in [-0.2, -0.15) is 0 Å². The number of benzene rings is 1. The Hall–Kier alpha value is -2.89. The summed E-state index contributed by atoms with van der Waals surface area (Å²) in [6.07, 6.45) is 9.95. The van der Waals surface area contributed by atoms with Gasteiger partial charge in [0.1, 0.15) is 6.33 Å². The average Bonchev–Trinajstić information content (AvgIpc) is 2.68. The number of hydrogen-bond donors (Lipinski definition) is 0. The van der Waals surface area contributed by atoms with E-state index in [1.807, 2.05) is 23.1 Å². The monoisotopic (exact) mass is 319 g/mol. The van der Waals surface area contributed by atoms with Gasteiger partial charge in [0.2, 0.25) is 0 Å². The van der Waals surface area contributed by atoms with E-state index in [1.54, 1.807) is 18.6 Å². The summed E-state index contributed by atoms with van der Waals surface area (Å²) in [5, 5.41) is 0. The van der Waals surface area contributed by atoms with Gasteiger partial charge in [0.15, 0.2) is 0 Å². The van der Waals surface area contributed by atoms with Crippen LogP contribution >= 0.6 is 0 Å². The van der Waals surface area contributed by atoms with Gasteiger partial charge >= 0.3 is 0 Å². The molecule has 4 rings (SSSR count). The van der Waals surface area contributed by atoms with Crippen molar-refractivity contribution in [2.75, 3.05) is 13.1 Å². The molecule has 0 bridgehead atoms. The number of likely N-dealkylation sites (tertiary alicyclic amines) is 1. The van der Waals surface area contributed by atoms with Gasteiger partial charge in [-0.3, -0.25) is 9.78 Å². The molecule has 2 aromatic heterocycles. The average molecular weight is 319 g/mol. The van der Waals surface area contributed by atoms with E-state index in [-0.39, 0.29) is 5.91 Å². The zero-order chi connectivity index (χ0) is 16.4. The molecule has 3 heterocycles. The molecule has 24 heavy (non-hydrogen) atoms. The molecule has 0 saturated carbocycles. The Morgan fingerprint density at radius 1 is 0.958 bits per heavy atom. The lowest BCUT2D eigenvalue weighted by Crippen LogP contribution is -2.35. The number of hydrogen-bond acceptors (Lipinski definition) is 5. The Morgan fingerprint density at radius 3 is 2.54 bits per heavy atom. The minimum absolute atomic E-state index is 0.0758. The molecule has 120 valence electrons. The minimum atomic E-state index is 0.0758. The summed E-state index contributed by atoms with van der Waals surface area (Å²) in [4.78, 5) is 31.6. The van der Waals surface area contributed by atoms with Crippen LogP contribution in [0.15, 0.2) is 43.1 Å². The molecule has 1 fully saturated rings. The Labute approximate surface area is 139 Å². The fraction of sp³-hybridized carbons (Fsp3) is 0.278. The Kier molecular flexibility index (Phi) is 3.86.